The number of ether oxygens (including phenoxy) is 1. The SMILES string of the molecule is CN(C)Cc1ccc(OC2CN(C(=O)c3nnc(-c4ccc(Cl)cc4)o3)C2)cc1. The van der Waals surface area contributed by atoms with E-state index in [1.165, 1.54) is 5.56 Å². The van der Waals surface area contributed by atoms with Crippen LogP contribution in [0.15, 0.2) is 52.9 Å². The van der Waals surface area contributed by atoms with Crippen molar-refractivity contribution >= 4 is 17.5 Å². The van der Waals surface area contributed by atoms with Crippen molar-refractivity contribution in [3.8, 4) is 17.2 Å². The van der Waals surface area contributed by atoms with Gasteiger partial charge in [-0.2, -0.15) is 0 Å². The van der Waals surface area contributed by atoms with Gasteiger partial charge in [-0.3, -0.25) is 4.79 Å². The molecule has 4 rings (SSSR count). The van der Waals surface area contributed by atoms with Crippen molar-refractivity contribution in [2.45, 2.75) is 12.6 Å². The number of rotatable bonds is 6. The van der Waals surface area contributed by atoms with Crippen molar-refractivity contribution in [2.75, 3.05) is 27.2 Å². The second-order valence-corrected chi connectivity index (χ2v) is 7.69. The van der Waals surface area contributed by atoms with Gasteiger partial charge >= 0.3 is 11.8 Å². The molecular weight excluding hydrogens is 392 g/mol. The van der Waals surface area contributed by atoms with Crippen LogP contribution in [-0.2, 0) is 6.54 Å². The fourth-order valence-corrected chi connectivity index (χ4v) is 3.19. The normalized spacial score (nSPS) is 14.1. The van der Waals surface area contributed by atoms with Crippen LogP contribution in [0.25, 0.3) is 11.5 Å². The number of carbonyl (C=O) groups is 1. The van der Waals surface area contributed by atoms with Gasteiger partial charge < -0.3 is 19.0 Å². The molecule has 0 spiro atoms. The van der Waals surface area contributed by atoms with Gasteiger partial charge in [0, 0.05) is 17.1 Å². The lowest BCUT2D eigenvalue weighted by atomic mass is 10.1. The first-order chi connectivity index (χ1) is 14.0. The van der Waals surface area contributed by atoms with E-state index in [1.54, 1.807) is 29.2 Å². The highest BCUT2D eigenvalue weighted by Crippen LogP contribution is 2.23. The van der Waals surface area contributed by atoms with E-state index >= 15 is 0 Å². The molecule has 2 aromatic carbocycles. The van der Waals surface area contributed by atoms with Crippen LogP contribution >= 0.6 is 11.6 Å². The minimum absolute atomic E-state index is 0.0264. The average Bonchev–Trinajstić information content (AvgIpc) is 3.15. The fraction of sp³-hybridized carbons (Fsp3) is 0.286. The number of hydrogen-bond acceptors (Lipinski definition) is 6. The van der Waals surface area contributed by atoms with Crippen molar-refractivity contribution in [3.63, 3.8) is 0 Å². The van der Waals surface area contributed by atoms with Gasteiger partial charge in [-0.25, -0.2) is 0 Å². The highest BCUT2D eigenvalue weighted by Gasteiger charge is 2.35. The highest BCUT2D eigenvalue weighted by atomic mass is 35.5. The molecule has 0 radical (unpaired) electrons. The first-order valence-corrected chi connectivity index (χ1v) is 9.65. The molecule has 1 amide bonds. The first-order valence-electron chi connectivity index (χ1n) is 9.27. The van der Waals surface area contributed by atoms with Crippen LogP contribution in [-0.4, -0.2) is 59.2 Å². The number of halogens is 1. The molecule has 1 aliphatic heterocycles. The van der Waals surface area contributed by atoms with E-state index in [9.17, 15) is 4.79 Å². The second kappa shape index (κ2) is 8.23. The summed E-state index contributed by atoms with van der Waals surface area (Å²) >= 11 is 5.88. The van der Waals surface area contributed by atoms with Crippen LogP contribution < -0.4 is 4.74 Å². The number of amides is 1. The van der Waals surface area contributed by atoms with Crippen molar-refractivity contribution in [2.24, 2.45) is 0 Å². The van der Waals surface area contributed by atoms with Crippen LogP contribution in [0.2, 0.25) is 5.02 Å². The zero-order valence-electron chi connectivity index (χ0n) is 16.2. The Labute approximate surface area is 173 Å². The molecule has 3 aromatic rings. The Morgan fingerprint density at radius 2 is 1.83 bits per heavy atom. The van der Waals surface area contributed by atoms with Gasteiger partial charge in [0.05, 0.1) is 13.1 Å². The molecule has 1 saturated heterocycles. The van der Waals surface area contributed by atoms with Gasteiger partial charge in [0.1, 0.15) is 11.9 Å². The lowest BCUT2D eigenvalue weighted by Crippen LogP contribution is -2.56. The van der Waals surface area contributed by atoms with Gasteiger partial charge in [0.2, 0.25) is 5.89 Å². The third kappa shape index (κ3) is 4.58. The summed E-state index contributed by atoms with van der Waals surface area (Å²) in [5, 5.41) is 8.44. The summed E-state index contributed by atoms with van der Waals surface area (Å²) in [6.45, 7) is 1.85. The van der Waals surface area contributed by atoms with E-state index in [1.807, 2.05) is 38.4 Å². The Balaban J connectivity index is 1.31. The largest absolute Gasteiger partial charge is 0.487 e. The Hall–Kier alpha value is -2.90. The monoisotopic (exact) mass is 412 g/mol. The maximum absolute atomic E-state index is 12.5. The molecule has 0 atom stereocenters. The summed E-state index contributed by atoms with van der Waals surface area (Å²) in [7, 11) is 4.07. The molecule has 0 bridgehead atoms. The minimum atomic E-state index is -0.293. The van der Waals surface area contributed by atoms with Gasteiger partial charge in [-0.1, -0.05) is 23.7 Å². The minimum Gasteiger partial charge on any atom is -0.487 e. The standard InChI is InChI=1S/C21H21ClN4O3/c1-25(2)11-14-3-9-17(10-4-14)28-18-12-26(13-18)21(27)20-24-23-19(29-20)15-5-7-16(22)8-6-15/h3-10,18H,11-13H2,1-2H3. The molecule has 0 aliphatic carbocycles. The summed E-state index contributed by atoms with van der Waals surface area (Å²) in [6.07, 6.45) is -0.0442. The van der Waals surface area contributed by atoms with E-state index < -0.39 is 0 Å². The molecule has 150 valence electrons. The van der Waals surface area contributed by atoms with Crippen LogP contribution in [0.4, 0.5) is 0 Å². The smallest absolute Gasteiger partial charge is 0.311 e. The van der Waals surface area contributed by atoms with E-state index in [0.29, 0.717) is 23.7 Å². The van der Waals surface area contributed by atoms with Crippen LogP contribution in [0.3, 0.4) is 0 Å². The summed E-state index contributed by atoms with van der Waals surface area (Å²) < 4.78 is 11.5. The molecule has 1 fully saturated rings. The molecule has 0 unspecified atom stereocenters. The van der Waals surface area contributed by atoms with Gasteiger partial charge in [-0.15, -0.1) is 10.2 Å². The third-order valence-electron chi connectivity index (χ3n) is 4.56. The summed E-state index contributed by atoms with van der Waals surface area (Å²) in [4.78, 5) is 16.3. The number of hydrogen-bond donors (Lipinski definition) is 0. The Morgan fingerprint density at radius 3 is 2.48 bits per heavy atom. The fourth-order valence-electron chi connectivity index (χ4n) is 3.06. The predicted octanol–water partition coefficient (Wildman–Crippen LogP) is 3.36. The van der Waals surface area contributed by atoms with Crippen LogP contribution in [0.1, 0.15) is 16.2 Å². The number of benzene rings is 2. The van der Waals surface area contributed by atoms with E-state index in [2.05, 4.69) is 15.1 Å². The van der Waals surface area contributed by atoms with Crippen molar-refractivity contribution in [3.05, 3.63) is 65.0 Å². The van der Waals surface area contributed by atoms with E-state index in [-0.39, 0.29) is 23.8 Å². The zero-order valence-corrected chi connectivity index (χ0v) is 17.0. The summed E-state index contributed by atoms with van der Waals surface area (Å²) in [5.74, 6) is 0.768. The Morgan fingerprint density at radius 1 is 1.14 bits per heavy atom. The highest BCUT2D eigenvalue weighted by molar-refractivity contribution is 6.30. The average molecular weight is 413 g/mol. The predicted molar refractivity (Wildman–Crippen MR) is 109 cm³/mol. The molecule has 0 N–H and O–H groups in total. The Kier molecular flexibility index (Phi) is 5.51. The van der Waals surface area contributed by atoms with Crippen molar-refractivity contribution in [1.82, 2.24) is 20.0 Å². The van der Waals surface area contributed by atoms with Gasteiger partial charge in [-0.05, 0) is 56.1 Å². The lowest BCUT2D eigenvalue weighted by molar-refractivity contribution is 0.0150. The summed E-state index contributed by atoms with van der Waals surface area (Å²) in [6, 6.07) is 15.0. The number of nitrogens with zero attached hydrogens (tertiary/aromatic N) is 4. The quantitative estimate of drug-likeness (QED) is 0.618. The molecule has 1 aliphatic rings. The molecule has 1 aromatic heterocycles. The zero-order chi connectivity index (χ0) is 20.4. The second-order valence-electron chi connectivity index (χ2n) is 7.25. The van der Waals surface area contributed by atoms with E-state index in [4.69, 9.17) is 20.8 Å². The van der Waals surface area contributed by atoms with Crippen molar-refractivity contribution in [1.29, 1.82) is 0 Å². The van der Waals surface area contributed by atoms with Crippen LogP contribution in [0.5, 0.6) is 5.75 Å². The maximum atomic E-state index is 12.5. The van der Waals surface area contributed by atoms with Crippen LogP contribution in [0, 0.1) is 0 Å². The molecule has 2 heterocycles. The van der Waals surface area contributed by atoms with Gasteiger partial charge in [0.15, 0.2) is 0 Å². The molecule has 7 nitrogen and oxygen atoms in total. The molecule has 29 heavy (non-hydrogen) atoms. The number of likely N-dealkylation sites (tertiary alicyclic amines) is 1. The number of aromatic nitrogens is 2. The number of carbonyl (C=O) groups excluding carboxylic acids is 1. The molecule has 0 saturated carbocycles. The maximum Gasteiger partial charge on any atom is 0.311 e. The molecular formula is C21H21ClN4O3. The topological polar surface area (TPSA) is 71.7 Å². The first kappa shape index (κ1) is 19.4. The van der Waals surface area contributed by atoms with E-state index in [0.717, 1.165) is 12.3 Å². The van der Waals surface area contributed by atoms with Gasteiger partial charge in [0.25, 0.3) is 0 Å². The third-order valence-corrected chi connectivity index (χ3v) is 4.81. The molecule has 8 heteroatoms. The van der Waals surface area contributed by atoms with Crippen molar-refractivity contribution < 1.29 is 13.9 Å². The lowest BCUT2D eigenvalue weighted by Gasteiger charge is -2.38. The Bertz CT molecular complexity index is 980. The summed E-state index contributed by atoms with van der Waals surface area (Å²) in [5.41, 5.74) is 1.93.